The van der Waals surface area contributed by atoms with Crippen LogP contribution in [0.2, 0.25) is 0 Å². The van der Waals surface area contributed by atoms with Crippen molar-refractivity contribution in [1.29, 1.82) is 0 Å². The molecule has 9 heteroatoms. The zero-order chi connectivity index (χ0) is 23.4. The molecule has 0 unspecified atom stereocenters. The van der Waals surface area contributed by atoms with Gasteiger partial charge in [-0.15, -0.1) is 0 Å². The van der Waals surface area contributed by atoms with Gasteiger partial charge in [0.05, 0.1) is 9.79 Å². The minimum atomic E-state index is -3.73. The summed E-state index contributed by atoms with van der Waals surface area (Å²) in [4.78, 5) is 31.6. The highest BCUT2D eigenvalue weighted by Crippen LogP contribution is 2.22. The quantitative estimate of drug-likeness (QED) is 0.390. The highest BCUT2D eigenvalue weighted by atomic mass is 32.2. The Morgan fingerprint density at radius 3 is 2.21 bits per heavy atom. The molecule has 168 valence electrons. The summed E-state index contributed by atoms with van der Waals surface area (Å²) >= 11 is 0. The number of fused-ring (bicyclic) bond motifs is 1. The van der Waals surface area contributed by atoms with Crippen LogP contribution in [0.4, 0.5) is 0 Å². The Morgan fingerprint density at radius 1 is 0.909 bits per heavy atom. The molecule has 0 atom stereocenters. The Hall–Kier alpha value is -3.98. The van der Waals surface area contributed by atoms with Crippen LogP contribution in [0.1, 0.15) is 33.3 Å². The molecule has 8 nitrogen and oxygen atoms in total. The lowest BCUT2D eigenvalue weighted by molar-refractivity contribution is 0.0942. The zero-order valence-corrected chi connectivity index (χ0v) is 18.6. The van der Waals surface area contributed by atoms with Crippen molar-refractivity contribution in [3.8, 4) is 0 Å². The molecule has 0 fully saturated rings. The topological polar surface area (TPSA) is 121 Å². The van der Waals surface area contributed by atoms with Crippen molar-refractivity contribution in [2.75, 3.05) is 6.54 Å². The Morgan fingerprint density at radius 2 is 1.58 bits per heavy atom. The molecule has 0 radical (unpaired) electrons. The Labute approximate surface area is 191 Å². The number of hydrogen-bond acceptors (Lipinski definition) is 5. The van der Waals surface area contributed by atoms with Gasteiger partial charge in [0.1, 0.15) is 5.69 Å². The fourth-order valence-corrected chi connectivity index (χ4v) is 4.60. The summed E-state index contributed by atoms with van der Waals surface area (Å²) in [5, 5.41) is 6.33. The van der Waals surface area contributed by atoms with Crippen molar-refractivity contribution >= 4 is 32.6 Å². The fraction of sp³-hybridized carbons (Fsp3) is 0.125. The van der Waals surface area contributed by atoms with Gasteiger partial charge in [0.25, 0.3) is 11.8 Å². The molecule has 0 spiro atoms. The number of sulfone groups is 1. The van der Waals surface area contributed by atoms with E-state index in [1.165, 1.54) is 36.4 Å². The summed E-state index contributed by atoms with van der Waals surface area (Å²) in [6, 6.07) is 15.7. The number of rotatable bonds is 7. The van der Waals surface area contributed by atoms with Crippen molar-refractivity contribution in [2.45, 2.75) is 23.3 Å². The number of aromatic nitrogens is 2. The maximum Gasteiger partial charge on any atom is 0.267 e. The SMILES string of the molecule is CCNC(=O)c1ccc(S(=O)(=O)c2ccc(CNC(=O)c3cc4cnccc4[nH]3)cc2)cc1. The molecular formula is C24H22N4O4S. The largest absolute Gasteiger partial charge is 0.352 e. The predicted molar refractivity (Wildman–Crippen MR) is 124 cm³/mol. The average Bonchev–Trinajstić information content (AvgIpc) is 3.27. The predicted octanol–water partition coefficient (Wildman–Crippen LogP) is 3.08. The molecule has 0 saturated heterocycles. The molecule has 4 aromatic rings. The standard InChI is InChI=1S/C24H22N4O4S/c1-2-26-23(29)17-5-9-20(10-6-17)33(31,32)19-7-3-16(4-8-19)14-27-24(30)22-13-18-15-25-12-11-21(18)28-22/h3-13,15,28H,2,14H2,1H3,(H,26,29)(H,27,30). The maximum absolute atomic E-state index is 12.9. The van der Waals surface area contributed by atoms with E-state index in [0.29, 0.717) is 17.8 Å². The molecule has 0 aliphatic heterocycles. The molecule has 2 aromatic heterocycles. The van der Waals surface area contributed by atoms with Gasteiger partial charge in [-0.3, -0.25) is 14.6 Å². The molecule has 0 aliphatic rings. The molecule has 0 saturated carbocycles. The van der Waals surface area contributed by atoms with E-state index >= 15 is 0 Å². The number of carbonyl (C=O) groups is 2. The van der Waals surface area contributed by atoms with Crippen LogP contribution in [-0.2, 0) is 16.4 Å². The van der Waals surface area contributed by atoms with E-state index in [4.69, 9.17) is 0 Å². The van der Waals surface area contributed by atoms with Crippen molar-refractivity contribution < 1.29 is 18.0 Å². The summed E-state index contributed by atoms with van der Waals surface area (Å²) in [7, 11) is -3.73. The Bertz CT molecular complexity index is 1380. The van der Waals surface area contributed by atoms with Crippen LogP contribution in [0.15, 0.2) is 82.8 Å². The summed E-state index contributed by atoms with van der Waals surface area (Å²) in [6.07, 6.45) is 3.32. The van der Waals surface area contributed by atoms with Gasteiger partial charge in [-0.2, -0.15) is 0 Å². The zero-order valence-electron chi connectivity index (χ0n) is 17.8. The van der Waals surface area contributed by atoms with E-state index in [0.717, 1.165) is 16.5 Å². The van der Waals surface area contributed by atoms with Crippen molar-refractivity contribution in [3.05, 3.63) is 89.9 Å². The third kappa shape index (κ3) is 4.78. The first kappa shape index (κ1) is 22.2. The smallest absolute Gasteiger partial charge is 0.267 e. The van der Waals surface area contributed by atoms with Crippen molar-refractivity contribution in [2.24, 2.45) is 0 Å². The van der Waals surface area contributed by atoms with Gasteiger partial charge in [0, 0.05) is 41.9 Å². The summed E-state index contributed by atoms with van der Waals surface area (Å²) in [5.41, 5.74) is 2.40. The molecule has 3 N–H and O–H groups in total. The van der Waals surface area contributed by atoms with E-state index < -0.39 is 9.84 Å². The highest BCUT2D eigenvalue weighted by molar-refractivity contribution is 7.91. The van der Waals surface area contributed by atoms with E-state index in [1.54, 1.807) is 36.7 Å². The average molecular weight is 463 g/mol. The first-order valence-electron chi connectivity index (χ1n) is 10.3. The Kier molecular flexibility index (Phi) is 6.23. The minimum absolute atomic E-state index is 0.102. The lowest BCUT2D eigenvalue weighted by Crippen LogP contribution is -2.23. The van der Waals surface area contributed by atoms with Gasteiger partial charge in [0.2, 0.25) is 9.84 Å². The third-order valence-electron chi connectivity index (χ3n) is 5.12. The van der Waals surface area contributed by atoms with Crippen LogP contribution in [0.25, 0.3) is 10.9 Å². The third-order valence-corrected chi connectivity index (χ3v) is 6.90. The van der Waals surface area contributed by atoms with Gasteiger partial charge < -0.3 is 15.6 Å². The van der Waals surface area contributed by atoms with E-state index in [9.17, 15) is 18.0 Å². The van der Waals surface area contributed by atoms with Crippen LogP contribution >= 0.6 is 0 Å². The second kappa shape index (κ2) is 9.25. The number of H-pyrrole nitrogens is 1. The number of amides is 2. The first-order valence-corrected chi connectivity index (χ1v) is 11.8. The molecule has 0 bridgehead atoms. The van der Waals surface area contributed by atoms with Gasteiger partial charge in [-0.05, 0) is 61.0 Å². The molecule has 2 amide bonds. The summed E-state index contributed by atoms with van der Waals surface area (Å²) in [5.74, 6) is -0.521. The van der Waals surface area contributed by atoms with Crippen LogP contribution in [0.5, 0.6) is 0 Å². The van der Waals surface area contributed by atoms with Crippen molar-refractivity contribution in [3.63, 3.8) is 0 Å². The lowest BCUT2D eigenvalue weighted by atomic mass is 10.2. The molecule has 2 aromatic carbocycles. The molecule has 33 heavy (non-hydrogen) atoms. The monoisotopic (exact) mass is 462 g/mol. The molecule has 2 heterocycles. The van der Waals surface area contributed by atoms with Crippen molar-refractivity contribution in [1.82, 2.24) is 20.6 Å². The number of nitrogens with one attached hydrogen (secondary N) is 3. The maximum atomic E-state index is 12.9. The van der Waals surface area contributed by atoms with E-state index in [-0.39, 0.29) is 28.2 Å². The van der Waals surface area contributed by atoms with E-state index in [1.807, 2.05) is 6.92 Å². The number of hydrogen-bond donors (Lipinski definition) is 3. The van der Waals surface area contributed by atoms with Crippen LogP contribution < -0.4 is 10.6 Å². The van der Waals surface area contributed by atoms with Crippen LogP contribution in [-0.4, -0.2) is 36.7 Å². The summed E-state index contributed by atoms with van der Waals surface area (Å²) in [6.45, 7) is 2.55. The first-order chi connectivity index (χ1) is 15.9. The highest BCUT2D eigenvalue weighted by Gasteiger charge is 2.18. The number of carbonyl (C=O) groups excluding carboxylic acids is 2. The fourth-order valence-electron chi connectivity index (χ4n) is 3.34. The summed E-state index contributed by atoms with van der Waals surface area (Å²) < 4.78 is 25.8. The lowest BCUT2D eigenvalue weighted by Gasteiger charge is -2.08. The number of nitrogens with zero attached hydrogens (tertiary/aromatic N) is 1. The van der Waals surface area contributed by atoms with Gasteiger partial charge in [-0.1, -0.05) is 12.1 Å². The molecule has 0 aliphatic carbocycles. The van der Waals surface area contributed by atoms with Crippen LogP contribution in [0.3, 0.4) is 0 Å². The van der Waals surface area contributed by atoms with Gasteiger partial charge in [0.15, 0.2) is 0 Å². The van der Waals surface area contributed by atoms with Gasteiger partial charge >= 0.3 is 0 Å². The second-order valence-corrected chi connectivity index (χ2v) is 9.31. The minimum Gasteiger partial charge on any atom is -0.352 e. The second-order valence-electron chi connectivity index (χ2n) is 7.36. The van der Waals surface area contributed by atoms with E-state index in [2.05, 4.69) is 20.6 Å². The van der Waals surface area contributed by atoms with Gasteiger partial charge in [-0.25, -0.2) is 8.42 Å². The number of aromatic amines is 1. The normalized spacial score (nSPS) is 11.3. The molecular weight excluding hydrogens is 440 g/mol. The number of benzene rings is 2. The Balaban J connectivity index is 1.42. The van der Waals surface area contributed by atoms with Crippen LogP contribution in [0, 0.1) is 0 Å². The molecule has 4 rings (SSSR count). The number of pyridine rings is 1.